The lowest BCUT2D eigenvalue weighted by Gasteiger charge is -2.42. The Kier molecular flexibility index (Phi) is 2.45. The van der Waals surface area contributed by atoms with E-state index in [9.17, 15) is 0 Å². The molecule has 0 fully saturated rings. The summed E-state index contributed by atoms with van der Waals surface area (Å²) in [5, 5.41) is 19.5. The highest BCUT2D eigenvalue weighted by Crippen LogP contribution is 2.37. The molecule has 0 unspecified atom stereocenters. The van der Waals surface area contributed by atoms with Crippen LogP contribution in [0.4, 0.5) is 11.4 Å². The molecule has 1 aromatic rings. The minimum absolute atomic E-state index is 0.375. The highest BCUT2D eigenvalue weighted by molar-refractivity contribution is 6.23. The molecule has 90 valence electrons. The van der Waals surface area contributed by atoms with E-state index in [1.54, 1.807) is 11.8 Å². The summed E-state index contributed by atoms with van der Waals surface area (Å²) in [6.45, 7) is 7.63. The summed E-state index contributed by atoms with van der Waals surface area (Å²) < 4.78 is 0. The molecule has 0 amide bonds. The Morgan fingerprint density at radius 1 is 1.35 bits per heavy atom. The van der Waals surface area contributed by atoms with E-state index in [4.69, 9.17) is 10.8 Å². The van der Waals surface area contributed by atoms with Gasteiger partial charge in [-0.3, -0.25) is 15.7 Å². The van der Waals surface area contributed by atoms with Gasteiger partial charge in [-0.25, -0.2) is 0 Å². The summed E-state index contributed by atoms with van der Waals surface area (Å²) in [5.41, 5.74) is 2.52. The van der Waals surface area contributed by atoms with Gasteiger partial charge in [0.05, 0.1) is 16.9 Å². The van der Waals surface area contributed by atoms with Crippen molar-refractivity contribution in [2.24, 2.45) is 0 Å². The molecule has 0 saturated heterocycles. The minimum Gasteiger partial charge on any atom is -0.371 e. The molecule has 0 aromatic heterocycles. The van der Waals surface area contributed by atoms with Gasteiger partial charge in [-0.05, 0) is 39.3 Å². The standard InChI is InChI=1S/C13H18N4/c1-8-6-5-7-10-11(8)17(9(2)14)12(15)13(3,4)16-10/h5-7,14-16H,1-4H3. The maximum absolute atomic E-state index is 8.23. The third-order valence-electron chi connectivity index (χ3n) is 3.06. The smallest absolute Gasteiger partial charge is 0.132 e. The molecule has 0 atom stereocenters. The molecular formula is C13H18N4. The number of hydrogen-bond acceptors (Lipinski definition) is 3. The summed E-state index contributed by atoms with van der Waals surface area (Å²) in [4.78, 5) is 1.71. The molecular weight excluding hydrogens is 212 g/mol. The van der Waals surface area contributed by atoms with Crippen molar-refractivity contribution in [3.05, 3.63) is 23.8 Å². The number of amidine groups is 2. The normalized spacial score (nSPS) is 17.4. The van der Waals surface area contributed by atoms with E-state index in [0.29, 0.717) is 11.7 Å². The van der Waals surface area contributed by atoms with Crippen LogP contribution >= 0.6 is 0 Å². The lowest BCUT2D eigenvalue weighted by molar-refractivity contribution is 0.731. The molecule has 0 radical (unpaired) electrons. The highest BCUT2D eigenvalue weighted by Gasteiger charge is 2.36. The molecule has 0 aliphatic carbocycles. The van der Waals surface area contributed by atoms with Gasteiger partial charge in [0.2, 0.25) is 0 Å². The van der Waals surface area contributed by atoms with E-state index < -0.39 is 5.54 Å². The largest absolute Gasteiger partial charge is 0.371 e. The third-order valence-corrected chi connectivity index (χ3v) is 3.06. The highest BCUT2D eigenvalue weighted by atomic mass is 15.3. The first-order valence-electron chi connectivity index (χ1n) is 5.66. The number of fused-ring (bicyclic) bond motifs is 1. The van der Waals surface area contributed by atoms with Crippen molar-refractivity contribution in [2.45, 2.75) is 33.2 Å². The number of para-hydroxylation sites is 1. The van der Waals surface area contributed by atoms with E-state index >= 15 is 0 Å². The van der Waals surface area contributed by atoms with Crippen LogP contribution in [0.2, 0.25) is 0 Å². The van der Waals surface area contributed by atoms with Crippen LogP contribution in [0.5, 0.6) is 0 Å². The van der Waals surface area contributed by atoms with Gasteiger partial charge in [0.25, 0.3) is 0 Å². The molecule has 0 spiro atoms. The Morgan fingerprint density at radius 3 is 2.59 bits per heavy atom. The summed E-state index contributed by atoms with van der Waals surface area (Å²) in [7, 11) is 0. The van der Waals surface area contributed by atoms with Crippen molar-refractivity contribution in [3.8, 4) is 0 Å². The van der Waals surface area contributed by atoms with Crippen LogP contribution in [0.15, 0.2) is 18.2 Å². The van der Waals surface area contributed by atoms with E-state index in [0.717, 1.165) is 16.9 Å². The Labute approximate surface area is 102 Å². The van der Waals surface area contributed by atoms with E-state index in [2.05, 4.69) is 5.32 Å². The van der Waals surface area contributed by atoms with Gasteiger partial charge < -0.3 is 5.32 Å². The van der Waals surface area contributed by atoms with Crippen LogP contribution in [0.3, 0.4) is 0 Å². The first-order chi connectivity index (χ1) is 7.84. The Hall–Kier alpha value is -1.84. The van der Waals surface area contributed by atoms with Crippen molar-refractivity contribution >= 4 is 23.0 Å². The molecule has 0 saturated carbocycles. The SMILES string of the molecule is CC(=N)N1C(=N)C(C)(C)Nc2cccc(C)c21. The average molecular weight is 230 g/mol. The van der Waals surface area contributed by atoms with Gasteiger partial charge in [-0.1, -0.05) is 12.1 Å². The van der Waals surface area contributed by atoms with Crippen LogP contribution in [-0.4, -0.2) is 17.2 Å². The molecule has 1 aliphatic rings. The summed E-state index contributed by atoms with van der Waals surface area (Å²) >= 11 is 0. The minimum atomic E-state index is -0.455. The van der Waals surface area contributed by atoms with Crippen molar-refractivity contribution in [1.29, 1.82) is 10.8 Å². The molecule has 4 nitrogen and oxygen atoms in total. The Balaban J connectivity index is 2.68. The topological polar surface area (TPSA) is 63.0 Å². The second-order valence-electron chi connectivity index (χ2n) is 4.99. The molecule has 1 aromatic carbocycles. The molecule has 1 aliphatic heterocycles. The zero-order valence-electron chi connectivity index (χ0n) is 10.7. The van der Waals surface area contributed by atoms with Gasteiger partial charge in [-0.15, -0.1) is 0 Å². The van der Waals surface area contributed by atoms with Gasteiger partial charge in [0.15, 0.2) is 0 Å². The second-order valence-corrected chi connectivity index (χ2v) is 4.99. The van der Waals surface area contributed by atoms with Crippen molar-refractivity contribution < 1.29 is 0 Å². The first kappa shape index (κ1) is 11.6. The second kappa shape index (κ2) is 3.58. The fraction of sp³-hybridized carbons (Fsp3) is 0.385. The molecule has 3 N–H and O–H groups in total. The van der Waals surface area contributed by atoms with Crippen LogP contribution < -0.4 is 10.2 Å². The Bertz CT molecular complexity index is 502. The quantitative estimate of drug-likeness (QED) is 0.474. The lowest BCUT2D eigenvalue weighted by atomic mass is 9.95. The van der Waals surface area contributed by atoms with Gasteiger partial charge >= 0.3 is 0 Å². The van der Waals surface area contributed by atoms with Crippen molar-refractivity contribution in [2.75, 3.05) is 10.2 Å². The molecule has 17 heavy (non-hydrogen) atoms. The van der Waals surface area contributed by atoms with Crippen molar-refractivity contribution in [3.63, 3.8) is 0 Å². The van der Waals surface area contributed by atoms with Crippen LogP contribution in [-0.2, 0) is 0 Å². The maximum atomic E-state index is 8.23. The number of aryl methyl sites for hydroxylation is 1. The number of nitrogens with one attached hydrogen (secondary N) is 3. The van der Waals surface area contributed by atoms with Gasteiger partial charge in [0, 0.05) is 0 Å². The molecule has 4 heteroatoms. The lowest BCUT2D eigenvalue weighted by Crippen LogP contribution is -2.55. The van der Waals surface area contributed by atoms with Crippen LogP contribution in [0, 0.1) is 17.7 Å². The Morgan fingerprint density at radius 2 is 2.00 bits per heavy atom. The maximum Gasteiger partial charge on any atom is 0.132 e. The van der Waals surface area contributed by atoms with Gasteiger partial charge in [-0.2, -0.15) is 0 Å². The number of nitrogens with zero attached hydrogens (tertiary/aromatic N) is 1. The zero-order valence-corrected chi connectivity index (χ0v) is 10.7. The van der Waals surface area contributed by atoms with Crippen LogP contribution in [0.1, 0.15) is 26.3 Å². The van der Waals surface area contributed by atoms with E-state index in [1.165, 1.54) is 0 Å². The monoisotopic (exact) mass is 230 g/mol. The first-order valence-corrected chi connectivity index (χ1v) is 5.66. The van der Waals surface area contributed by atoms with Crippen molar-refractivity contribution in [1.82, 2.24) is 0 Å². The number of rotatable bonds is 0. The number of benzene rings is 1. The van der Waals surface area contributed by atoms with E-state index in [1.807, 2.05) is 39.0 Å². The van der Waals surface area contributed by atoms with Gasteiger partial charge in [0.1, 0.15) is 11.7 Å². The molecule has 0 bridgehead atoms. The number of anilines is 2. The summed E-state index contributed by atoms with van der Waals surface area (Å²) in [6.07, 6.45) is 0. The predicted molar refractivity (Wildman–Crippen MR) is 72.5 cm³/mol. The zero-order chi connectivity index (χ0) is 12.8. The fourth-order valence-electron chi connectivity index (χ4n) is 2.18. The molecule has 2 rings (SSSR count). The summed E-state index contributed by atoms with van der Waals surface area (Å²) in [5.74, 6) is 0.784. The number of hydrogen-bond donors (Lipinski definition) is 3. The van der Waals surface area contributed by atoms with E-state index in [-0.39, 0.29) is 0 Å². The predicted octanol–water partition coefficient (Wildman–Crippen LogP) is 2.98. The summed E-state index contributed by atoms with van der Waals surface area (Å²) in [6, 6.07) is 5.98. The fourth-order valence-corrected chi connectivity index (χ4v) is 2.18. The molecule has 1 heterocycles. The average Bonchev–Trinajstić information content (AvgIpc) is 2.20. The third kappa shape index (κ3) is 1.69. The van der Waals surface area contributed by atoms with Crippen LogP contribution in [0.25, 0.3) is 0 Å².